The number of carbonyl (C=O) groups is 1. The highest BCUT2D eigenvalue weighted by molar-refractivity contribution is 5.97. The number of pyridine rings is 1. The van der Waals surface area contributed by atoms with Crippen molar-refractivity contribution in [2.75, 3.05) is 19.0 Å². The fourth-order valence-corrected chi connectivity index (χ4v) is 2.78. The van der Waals surface area contributed by atoms with Crippen LogP contribution in [0.25, 0.3) is 22.4 Å². The van der Waals surface area contributed by atoms with E-state index in [9.17, 15) is 4.79 Å². The molecule has 1 amide bonds. The predicted molar refractivity (Wildman–Crippen MR) is 93.9 cm³/mol. The normalized spacial score (nSPS) is 11.0. The van der Waals surface area contributed by atoms with Gasteiger partial charge in [0.2, 0.25) is 5.91 Å². The summed E-state index contributed by atoms with van der Waals surface area (Å²) < 4.78 is 6.80. The molecule has 0 aliphatic carbocycles. The van der Waals surface area contributed by atoms with Gasteiger partial charge in [0.1, 0.15) is 12.3 Å². The van der Waals surface area contributed by atoms with Gasteiger partial charge >= 0.3 is 0 Å². The van der Waals surface area contributed by atoms with E-state index in [2.05, 4.69) is 17.2 Å². The summed E-state index contributed by atoms with van der Waals surface area (Å²) >= 11 is 0. The SMILES string of the molecule is COCC(=O)Nc1ccc2c(C)cc(-c3nccn3C)nc2c1C. The molecule has 6 nitrogen and oxygen atoms in total. The maximum absolute atomic E-state index is 11.8. The molecule has 3 rings (SSSR count). The van der Waals surface area contributed by atoms with Gasteiger partial charge in [0.05, 0.1) is 5.52 Å². The molecule has 0 aliphatic heterocycles. The molecule has 1 N–H and O–H groups in total. The Balaban J connectivity index is 2.12. The lowest BCUT2D eigenvalue weighted by Gasteiger charge is -2.13. The van der Waals surface area contributed by atoms with Crippen LogP contribution in [-0.4, -0.2) is 34.2 Å². The van der Waals surface area contributed by atoms with Crippen molar-refractivity contribution >= 4 is 22.5 Å². The predicted octanol–water partition coefficient (Wildman–Crippen LogP) is 2.84. The van der Waals surface area contributed by atoms with Crippen molar-refractivity contribution in [3.8, 4) is 11.5 Å². The Hall–Kier alpha value is -2.73. The van der Waals surface area contributed by atoms with E-state index in [0.717, 1.165) is 39.2 Å². The van der Waals surface area contributed by atoms with E-state index in [1.165, 1.54) is 7.11 Å². The Morgan fingerprint density at radius 2 is 2.12 bits per heavy atom. The Kier molecular flexibility index (Phi) is 4.31. The number of imidazole rings is 1. The zero-order chi connectivity index (χ0) is 17.3. The van der Waals surface area contributed by atoms with E-state index < -0.39 is 0 Å². The van der Waals surface area contributed by atoms with E-state index in [1.54, 1.807) is 6.20 Å². The van der Waals surface area contributed by atoms with Crippen LogP contribution in [0.1, 0.15) is 11.1 Å². The highest BCUT2D eigenvalue weighted by atomic mass is 16.5. The molecule has 0 saturated carbocycles. The van der Waals surface area contributed by atoms with Gasteiger partial charge in [-0.2, -0.15) is 0 Å². The first-order valence-electron chi connectivity index (χ1n) is 7.68. The Labute approximate surface area is 140 Å². The number of nitrogens with zero attached hydrogens (tertiary/aromatic N) is 3. The second-order valence-corrected chi connectivity index (χ2v) is 5.80. The number of rotatable bonds is 4. The molecule has 24 heavy (non-hydrogen) atoms. The van der Waals surface area contributed by atoms with Gasteiger partial charge in [0.25, 0.3) is 0 Å². The summed E-state index contributed by atoms with van der Waals surface area (Å²) in [6.07, 6.45) is 3.65. The maximum Gasteiger partial charge on any atom is 0.250 e. The van der Waals surface area contributed by atoms with Crippen LogP contribution in [-0.2, 0) is 16.6 Å². The number of nitrogens with one attached hydrogen (secondary N) is 1. The first-order chi connectivity index (χ1) is 11.5. The standard InChI is InChI=1S/C18H20N4O2/c1-11-9-15(18-19-7-8-22(18)3)21-17-12(2)14(6-5-13(11)17)20-16(23)10-24-4/h5-9H,10H2,1-4H3,(H,20,23). The number of hydrogen-bond donors (Lipinski definition) is 1. The van der Waals surface area contributed by atoms with Crippen molar-refractivity contribution in [2.24, 2.45) is 7.05 Å². The number of methoxy groups -OCH3 is 1. The summed E-state index contributed by atoms with van der Waals surface area (Å²) in [7, 11) is 3.44. The average molecular weight is 324 g/mol. The van der Waals surface area contributed by atoms with Gasteiger partial charge in [-0.05, 0) is 37.1 Å². The number of anilines is 1. The maximum atomic E-state index is 11.8. The molecule has 0 unspecified atom stereocenters. The summed E-state index contributed by atoms with van der Waals surface area (Å²) in [5.41, 5.74) is 4.47. The summed E-state index contributed by atoms with van der Waals surface area (Å²) in [6.45, 7) is 4.04. The van der Waals surface area contributed by atoms with Crippen LogP contribution in [0.5, 0.6) is 0 Å². The topological polar surface area (TPSA) is 69.0 Å². The van der Waals surface area contributed by atoms with E-state index in [1.807, 2.05) is 42.9 Å². The average Bonchev–Trinajstić information content (AvgIpc) is 2.97. The molecule has 3 aromatic rings. The van der Waals surface area contributed by atoms with Crippen molar-refractivity contribution < 1.29 is 9.53 Å². The molecule has 0 atom stereocenters. The molecule has 0 radical (unpaired) electrons. The van der Waals surface area contributed by atoms with Crippen LogP contribution in [0.15, 0.2) is 30.6 Å². The quantitative estimate of drug-likeness (QED) is 0.801. The Morgan fingerprint density at radius 1 is 1.33 bits per heavy atom. The molecule has 0 aliphatic rings. The molecule has 6 heteroatoms. The van der Waals surface area contributed by atoms with E-state index in [4.69, 9.17) is 9.72 Å². The third-order valence-corrected chi connectivity index (χ3v) is 4.04. The number of aromatic nitrogens is 3. The number of carbonyl (C=O) groups excluding carboxylic acids is 1. The summed E-state index contributed by atoms with van der Waals surface area (Å²) in [5, 5.41) is 3.93. The minimum Gasteiger partial charge on any atom is -0.375 e. The van der Waals surface area contributed by atoms with Crippen LogP contribution in [0, 0.1) is 13.8 Å². The van der Waals surface area contributed by atoms with Crippen molar-refractivity contribution in [3.63, 3.8) is 0 Å². The second-order valence-electron chi connectivity index (χ2n) is 5.80. The molecular weight excluding hydrogens is 304 g/mol. The van der Waals surface area contributed by atoms with E-state index in [0.29, 0.717) is 0 Å². The molecule has 0 fully saturated rings. The van der Waals surface area contributed by atoms with Crippen LogP contribution in [0.2, 0.25) is 0 Å². The molecule has 2 aromatic heterocycles. The van der Waals surface area contributed by atoms with E-state index >= 15 is 0 Å². The number of fused-ring (bicyclic) bond motifs is 1. The van der Waals surface area contributed by atoms with Crippen molar-refractivity contribution in [2.45, 2.75) is 13.8 Å². The van der Waals surface area contributed by atoms with Crippen molar-refractivity contribution in [1.82, 2.24) is 14.5 Å². The van der Waals surface area contributed by atoms with Gasteiger partial charge < -0.3 is 14.6 Å². The van der Waals surface area contributed by atoms with E-state index in [-0.39, 0.29) is 12.5 Å². The summed E-state index contributed by atoms with van der Waals surface area (Å²) in [6, 6.07) is 5.92. The van der Waals surface area contributed by atoms with Gasteiger partial charge in [-0.25, -0.2) is 9.97 Å². The third-order valence-electron chi connectivity index (χ3n) is 4.04. The summed E-state index contributed by atoms with van der Waals surface area (Å²) in [4.78, 5) is 21.0. The van der Waals surface area contributed by atoms with Crippen molar-refractivity contribution in [3.05, 3.63) is 41.7 Å². The number of benzene rings is 1. The monoisotopic (exact) mass is 324 g/mol. The Bertz CT molecular complexity index is 915. The lowest BCUT2D eigenvalue weighted by Crippen LogP contribution is -2.17. The lowest BCUT2D eigenvalue weighted by atomic mass is 10.0. The number of hydrogen-bond acceptors (Lipinski definition) is 4. The van der Waals surface area contributed by atoms with Crippen LogP contribution < -0.4 is 5.32 Å². The van der Waals surface area contributed by atoms with Crippen LogP contribution in [0.3, 0.4) is 0 Å². The second kappa shape index (κ2) is 6.41. The number of amides is 1. The van der Waals surface area contributed by atoms with Gasteiger partial charge in [0, 0.05) is 37.6 Å². The lowest BCUT2D eigenvalue weighted by molar-refractivity contribution is -0.119. The fraction of sp³-hybridized carbons (Fsp3) is 0.278. The molecule has 2 heterocycles. The van der Waals surface area contributed by atoms with Gasteiger partial charge in [-0.1, -0.05) is 6.07 Å². The van der Waals surface area contributed by atoms with Crippen LogP contribution in [0.4, 0.5) is 5.69 Å². The van der Waals surface area contributed by atoms with Crippen LogP contribution >= 0.6 is 0 Å². The Morgan fingerprint density at radius 3 is 2.79 bits per heavy atom. The summed E-state index contributed by atoms with van der Waals surface area (Å²) in [5.74, 6) is 0.630. The van der Waals surface area contributed by atoms with Gasteiger partial charge in [-0.3, -0.25) is 4.79 Å². The largest absolute Gasteiger partial charge is 0.375 e. The molecule has 124 valence electrons. The zero-order valence-electron chi connectivity index (χ0n) is 14.3. The number of ether oxygens (including phenoxy) is 1. The van der Waals surface area contributed by atoms with Gasteiger partial charge in [0.15, 0.2) is 5.82 Å². The minimum atomic E-state index is -0.183. The first kappa shape index (κ1) is 16.1. The van der Waals surface area contributed by atoms with Gasteiger partial charge in [-0.15, -0.1) is 0 Å². The molecule has 0 spiro atoms. The smallest absolute Gasteiger partial charge is 0.250 e. The highest BCUT2D eigenvalue weighted by Crippen LogP contribution is 2.29. The number of aryl methyl sites for hydroxylation is 3. The van der Waals surface area contributed by atoms with Crippen molar-refractivity contribution in [1.29, 1.82) is 0 Å². The minimum absolute atomic E-state index is 0.0250. The third kappa shape index (κ3) is 2.88. The molecule has 1 aromatic carbocycles. The molecule has 0 saturated heterocycles. The molecular formula is C18H20N4O2. The first-order valence-corrected chi connectivity index (χ1v) is 7.68. The zero-order valence-corrected chi connectivity index (χ0v) is 14.3. The highest BCUT2D eigenvalue weighted by Gasteiger charge is 2.13. The molecule has 0 bridgehead atoms. The fourth-order valence-electron chi connectivity index (χ4n) is 2.78.